The molecule has 0 N–H and O–H groups in total. The van der Waals surface area contributed by atoms with Crippen molar-refractivity contribution < 1.29 is 9.59 Å². The normalized spacial score (nSPS) is 14.9. The Morgan fingerprint density at radius 3 is 2.34 bits per heavy atom. The maximum atomic E-state index is 12.8. The van der Waals surface area contributed by atoms with Crippen molar-refractivity contribution in [2.24, 2.45) is 5.92 Å². The number of carbonyl (C=O) groups is 2. The van der Waals surface area contributed by atoms with Crippen LogP contribution in [0.2, 0.25) is 0 Å². The fraction of sp³-hybridized carbons (Fsp3) is 0.333. The topological polar surface area (TPSA) is 40.6 Å². The van der Waals surface area contributed by atoms with Crippen molar-refractivity contribution in [2.75, 3.05) is 26.4 Å². The van der Waals surface area contributed by atoms with Crippen LogP contribution in [0.15, 0.2) is 65.6 Å². The lowest BCUT2D eigenvalue weighted by Crippen LogP contribution is -2.42. The number of carbonyl (C=O) groups excluding carboxylic acids is 2. The highest BCUT2D eigenvalue weighted by Crippen LogP contribution is 2.21. The summed E-state index contributed by atoms with van der Waals surface area (Å²) in [6.07, 6.45) is 6.97. The maximum Gasteiger partial charge on any atom is 0.246 e. The predicted octanol–water partition coefficient (Wildman–Crippen LogP) is 4.32. The third-order valence-corrected chi connectivity index (χ3v) is 6.07. The van der Waals surface area contributed by atoms with E-state index in [1.807, 2.05) is 53.3 Å². The number of nitrogens with zero attached hydrogens (tertiary/aromatic N) is 2. The summed E-state index contributed by atoms with van der Waals surface area (Å²) in [6, 6.07) is 18.1. The minimum absolute atomic E-state index is 0.00683. The summed E-state index contributed by atoms with van der Waals surface area (Å²) < 4.78 is 0. The number of rotatable bonds is 6. The molecule has 0 saturated carbocycles. The van der Waals surface area contributed by atoms with Crippen molar-refractivity contribution in [2.45, 2.75) is 24.3 Å². The van der Waals surface area contributed by atoms with Crippen molar-refractivity contribution in [3.8, 4) is 0 Å². The molecule has 0 aromatic heterocycles. The predicted molar refractivity (Wildman–Crippen MR) is 119 cm³/mol. The summed E-state index contributed by atoms with van der Waals surface area (Å²) in [4.78, 5) is 30.1. The van der Waals surface area contributed by atoms with Crippen LogP contribution in [-0.4, -0.2) is 48.0 Å². The zero-order valence-electron chi connectivity index (χ0n) is 17.1. The van der Waals surface area contributed by atoms with Gasteiger partial charge in [-0.05, 0) is 48.4 Å². The first kappa shape index (κ1) is 21.2. The number of amides is 2. The minimum Gasteiger partial charge on any atom is -0.341 e. The molecule has 3 rings (SSSR count). The van der Waals surface area contributed by atoms with Crippen LogP contribution in [0.5, 0.6) is 0 Å². The lowest BCUT2D eigenvalue weighted by molar-refractivity contribution is -0.138. The SMILES string of the molecule is CSc1ccc(CN(C)C(=O)C2CCN(C(=O)C=Cc3ccccc3)CC2)cc1. The zero-order chi connectivity index (χ0) is 20.6. The van der Waals surface area contributed by atoms with E-state index >= 15 is 0 Å². The van der Waals surface area contributed by atoms with Crippen LogP contribution >= 0.6 is 11.8 Å². The van der Waals surface area contributed by atoms with Gasteiger partial charge in [0.15, 0.2) is 0 Å². The van der Waals surface area contributed by atoms with Crippen LogP contribution in [0.25, 0.3) is 6.08 Å². The number of benzene rings is 2. The largest absolute Gasteiger partial charge is 0.341 e. The Balaban J connectivity index is 1.48. The van der Waals surface area contributed by atoms with Gasteiger partial charge in [-0.1, -0.05) is 42.5 Å². The summed E-state index contributed by atoms with van der Waals surface area (Å²) in [7, 11) is 1.87. The number of hydrogen-bond donors (Lipinski definition) is 0. The van der Waals surface area contributed by atoms with Gasteiger partial charge in [0.25, 0.3) is 0 Å². The molecule has 0 spiro atoms. The van der Waals surface area contributed by atoms with E-state index in [9.17, 15) is 9.59 Å². The average molecular weight is 409 g/mol. The molecule has 0 radical (unpaired) electrons. The number of hydrogen-bond acceptors (Lipinski definition) is 3. The summed E-state index contributed by atoms with van der Waals surface area (Å²) in [5, 5.41) is 0. The average Bonchev–Trinajstić information content (AvgIpc) is 2.78. The highest BCUT2D eigenvalue weighted by molar-refractivity contribution is 7.98. The van der Waals surface area contributed by atoms with Gasteiger partial charge in [0.2, 0.25) is 11.8 Å². The van der Waals surface area contributed by atoms with E-state index in [4.69, 9.17) is 0 Å². The molecule has 0 unspecified atom stereocenters. The van der Waals surface area contributed by atoms with E-state index in [0.717, 1.165) is 24.0 Å². The zero-order valence-corrected chi connectivity index (χ0v) is 17.9. The quantitative estimate of drug-likeness (QED) is 0.528. The van der Waals surface area contributed by atoms with Gasteiger partial charge >= 0.3 is 0 Å². The Morgan fingerprint density at radius 1 is 1.07 bits per heavy atom. The maximum absolute atomic E-state index is 12.8. The number of likely N-dealkylation sites (tertiary alicyclic amines) is 1. The van der Waals surface area contributed by atoms with Crippen LogP contribution in [0.3, 0.4) is 0 Å². The molecule has 2 amide bonds. The van der Waals surface area contributed by atoms with Crippen LogP contribution in [0.1, 0.15) is 24.0 Å². The Kier molecular flexibility index (Phi) is 7.53. The van der Waals surface area contributed by atoms with Crippen LogP contribution in [0.4, 0.5) is 0 Å². The molecule has 1 heterocycles. The van der Waals surface area contributed by atoms with Crippen LogP contribution in [0, 0.1) is 5.92 Å². The lowest BCUT2D eigenvalue weighted by Gasteiger charge is -2.32. The van der Waals surface area contributed by atoms with E-state index in [0.29, 0.717) is 19.6 Å². The summed E-state index contributed by atoms with van der Waals surface area (Å²) in [5.41, 5.74) is 2.15. The van der Waals surface area contributed by atoms with E-state index < -0.39 is 0 Å². The standard InChI is InChI=1S/C24H28N2O2S/c1-25(18-20-8-11-22(29-2)12-9-20)24(28)21-14-16-26(17-15-21)23(27)13-10-19-6-4-3-5-7-19/h3-13,21H,14-18H2,1-2H3. The first-order valence-corrected chi connectivity index (χ1v) is 11.2. The Hall–Kier alpha value is -2.53. The second kappa shape index (κ2) is 10.3. The highest BCUT2D eigenvalue weighted by Gasteiger charge is 2.28. The smallest absolute Gasteiger partial charge is 0.246 e. The monoisotopic (exact) mass is 408 g/mol. The van der Waals surface area contributed by atoms with E-state index in [-0.39, 0.29) is 17.7 Å². The molecule has 1 fully saturated rings. The van der Waals surface area contributed by atoms with Crippen molar-refractivity contribution in [1.82, 2.24) is 9.80 Å². The second-order valence-electron chi connectivity index (χ2n) is 7.39. The van der Waals surface area contributed by atoms with Crippen LogP contribution in [-0.2, 0) is 16.1 Å². The molecule has 5 heteroatoms. The fourth-order valence-electron chi connectivity index (χ4n) is 3.58. The third-order valence-electron chi connectivity index (χ3n) is 5.33. The van der Waals surface area contributed by atoms with Crippen molar-refractivity contribution in [1.29, 1.82) is 0 Å². The number of thioether (sulfide) groups is 1. The van der Waals surface area contributed by atoms with E-state index in [1.54, 1.807) is 17.8 Å². The summed E-state index contributed by atoms with van der Waals surface area (Å²) >= 11 is 1.71. The van der Waals surface area contributed by atoms with Crippen molar-refractivity contribution >= 4 is 29.7 Å². The first-order chi connectivity index (χ1) is 14.1. The van der Waals surface area contributed by atoms with Crippen molar-refractivity contribution in [3.63, 3.8) is 0 Å². The Bertz CT molecular complexity index is 841. The van der Waals surface area contributed by atoms with Crippen molar-refractivity contribution in [3.05, 3.63) is 71.8 Å². The van der Waals surface area contributed by atoms with Gasteiger partial charge in [0.05, 0.1) is 0 Å². The van der Waals surface area contributed by atoms with Gasteiger partial charge in [-0.15, -0.1) is 11.8 Å². The molecule has 29 heavy (non-hydrogen) atoms. The van der Waals surface area contributed by atoms with Gasteiger partial charge in [0, 0.05) is 43.6 Å². The first-order valence-electron chi connectivity index (χ1n) is 9.97. The van der Waals surface area contributed by atoms with Gasteiger partial charge in [-0.2, -0.15) is 0 Å². The Morgan fingerprint density at radius 2 is 1.72 bits per heavy atom. The summed E-state index contributed by atoms with van der Waals surface area (Å²) in [6.45, 7) is 1.88. The van der Waals surface area contributed by atoms with Gasteiger partial charge < -0.3 is 9.80 Å². The van der Waals surface area contributed by atoms with Gasteiger partial charge in [-0.25, -0.2) is 0 Å². The molecule has 4 nitrogen and oxygen atoms in total. The number of piperidine rings is 1. The molecule has 0 bridgehead atoms. The molecular weight excluding hydrogens is 380 g/mol. The minimum atomic E-state index is -0.00683. The van der Waals surface area contributed by atoms with Gasteiger partial charge in [-0.3, -0.25) is 9.59 Å². The molecular formula is C24H28N2O2S. The molecule has 0 aliphatic carbocycles. The third kappa shape index (κ3) is 5.97. The molecule has 152 valence electrons. The van der Waals surface area contributed by atoms with E-state index in [2.05, 4.69) is 30.5 Å². The highest BCUT2D eigenvalue weighted by atomic mass is 32.2. The summed E-state index contributed by atoms with van der Waals surface area (Å²) in [5.74, 6) is 0.181. The van der Waals surface area contributed by atoms with Crippen LogP contribution < -0.4 is 0 Å². The molecule has 1 aliphatic rings. The molecule has 2 aromatic carbocycles. The molecule has 0 atom stereocenters. The molecule has 1 aliphatic heterocycles. The fourth-order valence-corrected chi connectivity index (χ4v) is 3.99. The second-order valence-corrected chi connectivity index (χ2v) is 8.27. The molecule has 2 aromatic rings. The van der Waals surface area contributed by atoms with E-state index in [1.165, 1.54) is 4.90 Å². The van der Waals surface area contributed by atoms with Gasteiger partial charge in [0.1, 0.15) is 0 Å². The Labute approximate surface area is 177 Å². The lowest BCUT2D eigenvalue weighted by atomic mass is 9.95. The molecule has 1 saturated heterocycles.